The lowest BCUT2D eigenvalue weighted by Crippen LogP contribution is -2.31. The second-order valence-electron chi connectivity index (χ2n) is 5.48. The van der Waals surface area contributed by atoms with Gasteiger partial charge in [-0.2, -0.15) is 0 Å². The summed E-state index contributed by atoms with van der Waals surface area (Å²) in [6.07, 6.45) is 3.51. The van der Waals surface area contributed by atoms with Crippen LogP contribution >= 0.6 is 0 Å². The van der Waals surface area contributed by atoms with E-state index in [1.54, 1.807) is 12.1 Å². The Kier molecular flexibility index (Phi) is 7.23. The van der Waals surface area contributed by atoms with Crippen molar-refractivity contribution in [2.24, 2.45) is 11.7 Å². The molecular formula is C16H25FN2O. The van der Waals surface area contributed by atoms with E-state index in [2.05, 4.69) is 5.32 Å². The van der Waals surface area contributed by atoms with Gasteiger partial charge in [-0.25, -0.2) is 4.39 Å². The van der Waals surface area contributed by atoms with Gasteiger partial charge >= 0.3 is 0 Å². The molecule has 2 atom stereocenters. The highest BCUT2D eigenvalue weighted by Gasteiger charge is 2.12. The molecule has 0 aromatic heterocycles. The maximum Gasteiger partial charge on any atom is 0.222 e. The Labute approximate surface area is 120 Å². The van der Waals surface area contributed by atoms with E-state index in [1.165, 1.54) is 12.1 Å². The van der Waals surface area contributed by atoms with Crippen LogP contribution in [0.4, 0.5) is 4.39 Å². The summed E-state index contributed by atoms with van der Waals surface area (Å²) in [5.74, 6) is -0.140. The standard InChI is InChI=1S/C16H25FN2O/c1-12(4-3-5-13(2)18)16(20)19-11-10-14-6-8-15(17)9-7-14/h6-9,12-13H,3-5,10-11,18H2,1-2H3,(H,19,20). The highest BCUT2D eigenvalue weighted by atomic mass is 19.1. The van der Waals surface area contributed by atoms with Crippen LogP contribution < -0.4 is 11.1 Å². The monoisotopic (exact) mass is 280 g/mol. The summed E-state index contributed by atoms with van der Waals surface area (Å²) >= 11 is 0. The topological polar surface area (TPSA) is 55.1 Å². The molecule has 3 nitrogen and oxygen atoms in total. The summed E-state index contributed by atoms with van der Waals surface area (Å²) in [7, 11) is 0. The summed E-state index contributed by atoms with van der Waals surface area (Å²) < 4.78 is 12.7. The van der Waals surface area contributed by atoms with Crippen molar-refractivity contribution in [3.8, 4) is 0 Å². The predicted molar refractivity (Wildman–Crippen MR) is 79.8 cm³/mol. The first-order valence-electron chi connectivity index (χ1n) is 7.26. The third-order valence-corrected chi connectivity index (χ3v) is 3.37. The number of benzene rings is 1. The molecule has 0 bridgehead atoms. The second kappa shape index (κ2) is 8.69. The molecule has 0 fully saturated rings. The molecule has 0 saturated heterocycles. The molecule has 0 saturated carbocycles. The van der Waals surface area contributed by atoms with Crippen molar-refractivity contribution in [3.63, 3.8) is 0 Å². The third kappa shape index (κ3) is 6.66. The average molecular weight is 280 g/mol. The van der Waals surface area contributed by atoms with Gasteiger partial charge in [0.1, 0.15) is 5.82 Å². The second-order valence-corrected chi connectivity index (χ2v) is 5.48. The van der Waals surface area contributed by atoms with Crippen LogP contribution in [0.2, 0.25) is 0 Å². The van der Waals surface area contributed by atoms with Gasteiger partial charge in [0.15, 0.2) is 0 Å². The van der Waals surface area contributed by atoms with E-state index in [1.807, 2.05) is 13.8 Å². The smallest absolute Gasteiger partial charge is 0.222 e. The Morgan fingerprint density at radius 2 is 1.90 bits per heavy atom. The lowest BCUT2D eigenvalue weighted by atomic mass is 10.0. The molecule has 0 spiro atoms. The fourth-order valence-electron chi connectivity index (χ4n) is 2.03. The fraction of sp³-hybridized carbons (Fsp3) is 0.562. The summed E-state index contributed by atoms with van der Waals surface area (Å²) in [5, 5.41) is 2.92. The highest BCUT2D eigenvalue weighted by Crippen LogP contribution is 2.09. The Bertz CT molecular complexity index is 403. The number of hydrogen-bond donors (Lipinski definition) is 2. The van der Waals surface area contributed by atoms with Crippen molar-refractivity contribution in [2.45, 2.75) is 45.6 Å². The van der Waals surface area contributed by atoms with E-state index < -0.39 is 0 Å². The summed E-state index contributed by atoms with van der Waals surface area (Å²) in [6.45, 7) is 4.50. The fourth-order valence-corrected chi connectivity index (χ4v) is 2.03. The molecule has 1 amide bonds. The summed E-state index contributed by atoms with van der Waals surface area (Å²) in [4.78, 5) is 11.9. The zero-order chi connectivity index (χ0) is 15.0. The predicted octanol–water partition coefficient (Wildman–Crippen LogP) is 2.64. The van der Waals surface area contributed by atoms with Crippen LogP contribution in [0.25, 0.3) is 0 Å². The SMILES string of the molecule is CC(N)CCCC(C)C(=O)NCCc1ccc(F)cc1. The molecule has 0 aliphatic rings. The van der Waals surface area contributed by atoms with E-state index in [0.717, 1.165) is 31.2 Å². The van der Waals surface area contributed by atoms with E-state index in [0.29, 0.717) is 6.54 Å². The molecule has 3 N–H and O–H groups in total. The lowest BCUT2D eigenvalue weighted by Gasteiger charge is -2.13. The van der Waals surface area contributed by atoms with Crippen molar-refractivity contribution in [2.75, 3.05) is 6.54 Å². The molecule has 1 rings (SSSR count). The van der Waals surface area contributed by atoms with Crippen LogP contribution in [0.3, 0.4) is 0 Å². The molecule has 1 aromatic rings. The van der Waals surface area contributed by atoms with E-state index in [-0.39, 0.29) is 23.7 Å². The van der Waals surface area contributed by atoms with Gasteiger partial charge in [-0.15, -0.1) is 0 Å². The Hall–Kier alpha value is -1.42. The normalized spacial score (nSPS) is 13.8. The minimum Gasteiger partial charge on any atom is -0.356 e. The number of carbonyl (C=O) groups excluding carboxylic acids is 1. The molecule has 0 aliphatic heterocycles. The largest absolute Gasteiger partial charge is 0.356 e. The molecule has 0 heterocycles. The zero-order valence-electron chi connectivity index (χ0n) is 12.4. The van der Waals surface area contributed by atoms with Crippen LogP contribution in [-0.4, -0.2) is 18.5 Å². The van der Waals surface area contributed by atoms with Gasteiger partial charge in [-0.3, -0.25) is 4.79 Å². The minimum absolute atomic E-state index is 0.0157. The van der Waals surface area contributed by atoms with Crippen LogP contribution in [0, 0.1) is 11.7 Å². The zero-order valence-corrected chi connectivity index (χ0v) is 12.4. The number of halogens is 1. The highest BCUT2D eigenvalue weighted by molar-refractivity contribution is 5.78. The Balaban J connectivity index is 2.20. The first-order valence-corrected chi connectivity index (χ1v) is 7.26. The van der Waals surface area contributed by atoms with Gasteiger partial charge in [-0.1, -0.05) is 25.5 Å². The number of carbonyl (C=O) groups is 1. The van der Waals surface area contributed by atoms with E-state index in [9.17, 15) is 9.18 Å². The molecule has 0 aliphatic carbocycles. The van der Waals surface area contributed by atoms with Crippen molar-refractivity contribution in [1.82, 2.24) is 5.32 Å². The molecule has 0 radical (unpaired) electrons. The number of nitrogens with two attached hydrogens (primary N) is 1. The Morgan fingerprint density at radius 1 is 1.25 bits per heavy atom. The van der Waals surface area contributed by atoms with Gasteiger partial charge in [0, 0.05) is 18.5 Å². The maximum atomic E-state index is 12.7. The third-order valence-electron chi connectivity index (χ3n) is 3.37. The molecular weight excluding hydrogens is 255 g/mol. The van der Waals surface area contributed by atoms with Crippen molar-refractivity contribution >= 4 is 5.91 Å². The Morgan fingerprint density at radius 3 is 2.50 bits per heavy atom. The van der Waals surface area contributed by atoms with Gasteiger partial charge in [-0.05, 0) is 43.9 Å². The van der Waals surface area contributed by atoms with Crippen LogP contribution in [-0.2, 0) is 11.2 Å². The van der Waals surface area contributed by atoms with Crippen molar-refractivity contribution in [1.29, 1.82) is 0 Å². The quantitative estimate of drug-likeness (QED) is 0.769. The molecule has 1 aromatic carbocycles. The van der Waals surface area contributed by atoms with Crippen molar-refractivity contribution < 1.29 is 9.18 Å². The van der Waals surface area contributed by atoms with Crippen LogP contribution in [0.1, 0.15) is 38.7 Å². The molecule has 20 heavy (non-hydrogen) atoms. The van der Waals surface area contributed by atoms with Crippen LogP contribution in [0.15, 0.2) is 24.3 Å². The molecule has 2 unspecified atom stereocenters. The lowest BCUT2D eigenvalue weighted by molar-refractivity contribution is -0.124. The molecule has 4 heteroatoms. The first kappa shape index (κ1) is 16.6. The van der Waals surface area contributed by atoms with Gasteiger partial charge in [0.25, 0.3) is 0 Å². The molecule has 112 valence electrons. The number of amides is 1. The van der Waals surface area contributed by atoms with Gasteiger partial charge in [0.2, 0.25) is 5.91 Å². The number of nitrogens with one attached hydrogen (secondary N) is 1. The average Bonchev–Trinajstić information content (AvgIpc) is 2.40. The van der Waals surface area contributed by atoms with Gasteiger partial charge in [0.05, 0.1) is 0 Å². The van der Waals surface area contributed by atoms with E-state index in [4.69, 9.17) is 5.73 Å². The summed E-state index contributed by atoms with van der Waals surface area (Å²) in [5.41, 5.74) is 6.71. The minimum atomic E-state index is -0.236. The number of rotatable bonds is 8. The van der Waals surface area contributed by atoms with E-state index >= 15 is 0 Å². The van der Waals surface area contributed by atoms with Crippen LogP contribution in [0.5, 0.6) is 0 Å². The maximum absolute atomic E-state index is 12.7. The first-order chi connectivity index (χ1) is 9.49. The van der Waals surface area contributed by atoms with Crippen molar-refractivity contribution in [3.05, 3.63) is 35.6 Å². The number of hydrogen-bond acceptors (Lipinski definition) is 2. The van der Waals surface area contributed by atoms with Gasteiger partial charge < -0.3 is 11.1 Å². The summed E-state index contributed by atoms with van der Waals surface area (Å²) in [6, 6.07) is 6.56.